The summed E-state index contributed by atoms with van der Waals surface area (Å²) in [6.45, 7) is 2.32. The van der Waals surface area contributed by atoms with Gasteiger partial charge in [0.2, 0.25) is 0 Å². The van der Waals surface area contributed by atoms with E-state index in [-0.39, 0.29) is 6.04 Å². The Kier molecular flexibility index (Phi) is 3.90. The summed E-state index contributed by atoms with van der Waals surface area (Å²) in [7, 11) is 0. The van der Waals surface area contributed by atoms with Crippen LogP contribution in [0.1, 0.15) is 49.9 Å². The summed E-state index contributed by atoms with van der Waals surface area (Å²) in [5, 5.41) is 1.35. The fourth-order valence-electron chi connectivity index (χ4n) is 3.35. The highest BCUT2D eigenvalue weighted by atomic mass is 32.1. The molecule has 2 aromatic rings. The lowest BCUT2D eigenvalue weighted by Gasteiger charge is -2.31. The van der Waals surface area contributed by atoms with E-state index >= 15 is 0 Å². The third-order valence-corrected chi connectivity index (χ3v) is 5.97. The predicted molar refractivity (Wildman–Crippen MR) is 84.5 cm³/mol. The lowest BCUT2D eigenvalue weighted by Crippen LogP contribution is -2.25. The summed E-state index contributed by atoms with van der Waals surface area (Å²) in [6.07, 6.45) is 6.71. The van der Waals surface area contributed by atoms with E-state index in [0.29, 0.717) is 5.92 Å². The molecule has 1 unspecified atom stereocenters. The molecule has 0 aliphatic heterocycles. The van der Waals surface area contributed by atoms with Gasteiger partial charge in [-0.2, -0.15) is 0 Å². The Morgan fingerprint density at radius 1 is 1.21 bits per heavy atom. The quantitative estimate of drug-likeness (QED) is 0.825. The van der Waals surface area contributed by atoms with E-state index in [2.05, 4.69) is 37.3 Å². The van der Waals surface area contributed by atoms with Crippen molar-refractivity contribution >= 4 is 21.4 Å². The molecule has 2 heteroatoms. The van der Waals surface area contributed by atoms with E-state index in [4.69, 9.17) is 5.73 Å². The summed E-state index contributed by atoms with van der Waals surface area (Å²) >= 11 is 1.88. The minimum atomic E-state index is 0.246. The van der Waals surface area contributed by atoms with Crippen LogP contribution in [0, 0.1) is 11.8 Å². The van der Waals surface area contributed by atoms with Crippen molar-refractivity contribution < 1.29 is 0 Å². The number of thiophene rings is 1. The van der Waals surface area contributed by atoms with Crippen molar-refractivity contribution in [3.63, 3.8) is 0 Å². The fourth-order valence-corrected chi connectivity index (χ4v) is 4.51. The van der Waals surface area contributed by atoms with Gasteiger partial charge in [-0.15, -0.1) is 11.3 Å². The van der Waals surface area contributed by atoms with Gasteiger partial charge >= 0.3 is 0 Å². The molecular formula is C17H23NS. The summed E-state index contributed by atoms with van der Waals surface area (Å²) in [5.41, 5.74) is 6.53. The molecule has 1 fully saturated rings. The van der Waals surface area contributed by atoms with Crippen LogP contribution in [0.2, 0.25) is 0 Å². The zero-order valence-electron chi connectivity index (χ0n) is 11.6. The molecule has 1 saturated carbocycles. The van der Waals surface area contributed by atoms with E-state index in [1.165, 1.54) is 47.1 Å². The summed E-state index contributed by atoms with van der Waals surface area (Å²) in [6, 6.07) is 11.2. The Labute approximate surface area is 119 Å². The molecule has 1 aromatic carbocycles. The smallest absolute Gasteiger partial charge is 0.0418 e. The highest BCUT2D eigenvalue weighted by molar-refractivity contribution is 7.19. The minimum absolute atomic E-state index is 0.246. The van der Waals surface area contributed by atoms with E-state index in [0.717, 1.165) is 5.92 Å². The minimum Gasteiger partial charge on any atom is -0.323 e. The normalized spacial score (nSPS) is 25.6. The molecule has 1 atom stereocenters. The topological polar surface area (TPSA) is 26.0 Å². The largest absolute Gasteiger partial charge is 0.323 e. The molecule has 1 aliphatic rings. The molecule has 0 saturated heterocycles. The van der Waals surface area contributed by atoms with Crippen LogP contribution in [0.3, 0.4) is 0 Å². The summed E-state index contributed by atoms with van der Waals surface area (Å²) in [5.74, 6) is 1.64. The maximum absolute atomic E-state index is 6.53. The molecular weight excluding hydrogens is 250 g/mol. The lowest BCUT2D eigenvalue weighted by atomic mass is 9.77. The van der Waals surface area contributed by atoms with Crippen molar-refractivity contribution in [1.82, 2.24) is 0 Å². The molecule has 2 N–H and O–H groups in total. The molecule has 1 aromatic heterocycles. The number of hydrogen-bond acceptors (Lipinski definition) is 2. The Morgan fingerprint density at radius 2 is 1.95 bits per heavy atom. The van der Waals surface area contributed by atoms with Crippen LogP contribution in [0.25, 0.3) is 10.1 Å². The lowest BCUT2D eigenvalue weighted by molar-refractivity contribution is 0.241. The van der Waals surface area contributed by atoms with Gasteiger partial charge in [-0.1, -0.05) is 44.4 Å². The van der Waals surface area contributed by atoms with Gasteiger partial charge in [0.1, 0.15) is 0 Å². The predicted octanol–water partition coefficient (Wildman–Crippen LogP) is 5.12. The van der Waals surface area contributed by atoms with Gasteiger partial charge in [0, 0.05) is 15.6 Å². The average Bonchev–Trinajstić information content (AvgIpc) is 2.90. The molecule has 19 heavy (non-hydrogen) atoms. The zero-order chi connectivity index (χ0) is 13.2. The summed E-state index contributed by atoms with van der Waals surface area (Å²) < 4.78 is 1.37. The van der Waals surface area contributed by atoms with Crippen LogP contribution in [-0.4, -0.2) is 0 Å². The Hall–Kier alpha value is -0.860. The van der Waals surface area contributed by atoms with Crippen molar-refractivity contribution in [2.45, 2.75) is 45.1 Å². The number of nitrogens with two attached hydrogens (primary N) is 1. The Morgan fingerprint density at radius 3 is 2.63 bits per heavy atom. The highest BCUT2D eigenvalue weighted by Gasteiger charge is 2.26. The van der Waals surface area contributed by atoms with E-state index < -0.39 is 0 Å². The second kappa shape index (κ2) is 5.64. The van der Waals surface area contributed by atoms with Crippen LogP contribution in [0.5, 0.6) is 0 Å². The van der Waals surface area contributed by atoms with Crippen LogP contribution in [0.15, 0.2) is 30.3 Å². The molecule has 3 rings (SSSR count). The zero-order valence-corrected chi connectivity index (χ0v) is 12.5. The molecule has 1 aliphatic carbocycles. The van der Waals surface area contributed by atoms with E-state index in [9.17, 15) is 0 Å². The van der Waals surface area contributed by atoms with Crippen LogP contribution >= 0.6 is 11.3 Å². The van der Waals surface area contributed by atoms with Crippen molar-refractivity contribution in [2.75, 3.05) is 0 Å². The van der Waals surface area contributed by atoms with Crippen LogP contribution in [-0.2, 0) is 0 Å². The van der Waals surface area contributed by atoms with Crippen LogP contribution < -0.4 is 5.73 Å². The molecule has 1 heterocycles. The molecule has 0 amide bonds. The first kappa shape index (κ1) is 13.1. The second-order valence-corrected chi connectivity index (χ2v) is 7.02. The van der Waals surface area contributed by atoms with Gasteiger partial charge in [-0.3, -0.25) is 0 Å². The second-order valence-electron chi connectivity index (χ2n) is 5.90. The van der Waals surface area contributed by atoms with Gasteiger partial charge in [0.05, 0.1) is 0 Å². The highest BCUT2D eigenvalue weighted by Crippen LogP contribution is 2.39. The summed E-state index contributed by atoms with van der Waals surface area (Å²) in [4.78, 5) is 1.38. The number of fused-ring (bicyclic) bond motifs is 1. The standard InChI is InChI=1S/C17H23NS/c1-2-12-7-9-13(10-8-12)17(18)16-11-14-5-3-4-6-15(14)19-16/h3-6,11-13,17H,2,7-10,18H2,1H3. The van der Waals surface area contributed by atoms with E-state index in [1.54, 1.807) is 0 Å². The first-order valence-corrected chi connectivity index (χ1v) is 8.33. The van der Waals surface area contributed by atoms with Gasteiger partial charge in [0.25, 0.3) is 0 Å². The van der Waals surface area contributed by atoms with Gasteiger partial charge in [-0.25, -0.2) is 0 Å². The van der Waals surface area contributed by atoms with Crippen molar-refractivity contribution in [3.8, 4) is 0 Å². The maximum Gasteiger partial charge on any atom is 0.0418 e. The van der Waals surface area contributed by atoms with Crippen molar-refractivity contribution in [2.24, 2.45) is 17.6 Å². The Bertz CT molecular complexity index is 504. The third-order valence-electron chi connectivity index (χ3n) is 4.75. The molecule has 0 bridgehead atoms. The monoisotopic (exact) mass is 273 g/mol. The van der Waals surface area contributed by atoms with Crippen LogP contribution in [0.4, 0.5) is 0 Å². The number of rotatable bonds is 3. The first-order chi connectivity index (χ1) is 9.28. The molecule has 1 nitrogen and oxygen atoms in total. The van der Waals surface area contributed by atoms with Gasteiger partial charge in [-0.05, 0) is 42.2 Å². The van der Waals surface area contributed by atoms with Gasteiger partial charge < -0.3 is 5.73 Å². The third kappa shape index (κ3) is 2.70. The molecule has 102 valence electrons. The SMILES string of the molecule is CCC1CCC(C(N)c2cc3ccccc3s2)CC1. The van der Waals surface area contributed by atoms with Crippen molar-refractivity contribution in [3.05, 3.63) is 35.2 Å². The maximum atomic E-state index is 6.53. The number of benzene rings is 1. The molecule has 0 radical (unpaired) electrons. The Balaban J connectivity index is 1.74. The number of hydrogen-bond donors (Lipinski definition) is 1. The van der Waals surface area contributed by atoms with Gasteiger partial charge in [0.15, 0.2) is 0 Å². The van der Waals surface area contributed by atoms with Crippen molar-refractivity contribution in [1.29, 1.82) is 0 Å². The first-order valence-electron chi connectivity index (χ1n) is 7.52. The molecule has 0 spiro atoms. The average molecular weight is 273 g/mol. The van der Waals surface area contributed by atoms with E-state index in [1.807, 2.05) is 11.3 Å². The fraction of sp³-hybridized carbons (Fsp3) is 0.529.